The number of aliphatic hydroxyl groups excluding tert-OH is 1. The highest BCUT2D eigenvalue weighted by molar-refractivity contribution is 7.99. The van der Waals surface area contributed by atoms with Crippen molar-refractivity contribution in [3.05, 3.63) is 39.7 Å². The summed E-state index contributed by atoms with van der Waals surface area (Å²) < 4.78 is 19.1. The second-order valence-electron chi connectivity index (χ2n) is 4.54. The van der Waals surface area contributed by atoms with E-state index in [2.05, 4.69) is 9.97 Å². The molecule has 7 heteroatoms. The maximum absolute atomic E-state index is 13.8. The molecule has 3 rings (SSSR count). The summed E-state index contributed by atoms with van der Waals surface area (Å²) in [6.07, 6.45) is 0.992. The van der Waals surface area contributed by atoms with E-state index in [1.807, 2.05) is 0 Å². The Morgan fingerprint density at radius 1 is 1.55 bits per heavy atom. The lowest BCUT2D eigenvalue weighted by Gasteiger charge is -2.25. The first-order valence-electron chi connectivity index (χ1n) is 6.23. The van der Waals surface area contributed by atoms with Gasteiger partial charge in [0.15, 0.2) is 0 Å². The van der Waals surface area contributed by atoms with Crippen LogP contribution in [0, 0.1) is 5.82 Å². The van der Waals surface area contributed by atoms with Crippen LogP contribution in [0.2, 0.25) is 0 Å². The Kier molecular flexibility index (Phi) is 3.73. The largest absolute Gasteiger partial charge is 0.392 e. The first kappa shape index (κ1) is 13.5. The number of hydrogen-bond acceptors (Lipinski definition) is 5. The van der Waals surface area contributed by atoms with Gasteiger partial charge in [0.25, 0.3) is 5.56 Å². The van der Waals surface area contributed by atoms with Crippen molar-refractivity contribution in [3.63, 3.8) is 0 Å². The van der Waals surface area contributed by atoms with E-state index in [1.54, 1.807) is 11.8 Å². The number of thioether (sulfide) groups is 1. The Hall–Kier alpha value is -1.44. The number of hydrogen-bond donors (Lipinski definition) is 2. The quantitative estimate of drug-likeness (QED) is 0.895. The van der Waals surface area contributed by atoms with Gasteiger partial charge in [-0.2, -0.15) is 0 Å². The topological polar surface area (TPSA) is 75.2 Å². The van der Waals surface area contributed by atoms with Gasteiger partial charge >= 0.3 is 0 Å². The number of nitrogens with zero attached hydrogens (tertiary/aromatic N) is 1. The Balaban J connectivity index is 1.96. The predicted molar refractivity (Wildman–Crippen MR) is 73.9 cm³/mol. The third-order valence-corrected chi connectivity index (χ3v) is 4.30. The van der Waals surface area contributed by atoms with Gasteiger partial charge in [-0.15, -0.1) is 11.8 Å². The van der Waals surface area contributed by atoms with Gasteiger partial charge in [0.2, 0.25) is 0 Å². The second kappa shape index (κ2) is 5.51. The van der Waals surface area contributed by atoms with Crippen molar-refractivity contribution in [2.24, 2.45) is 0 Å². The third-order valence-electron chi connectivity index (χ3n) is 3.12. The van der Waals surface area contributed by atoms with Gasteiger partial charge in [0.1, 0.15) is 22.5 Å². The molecule has 5 nitrogen and oxygen atoms in total. The number of nitrogens with one attached hydrogen (secondary N) is 1. The van der Waals surface area contributed by atoms with Crippen LogP contribution in [0.25, 0.3) is 10.9 Å². The van der Waals surface area contributed by atoms with Crippen LogP contribution < -0.4 is 5.56 Å². The molecule has 106 valence electrons. The van der Waals surface area contributed by atoms with Crippen molar-refractivity contribution in [1.29, 1.82) is 0 Å². The number of halogens is 1. The molecule has 0 amide bonds. The van der Waals surface area contributed by atoms with E-state index in [1.165, 1.54) is 6.07 Å². The minimum absolute atomic E-state index is 0.0733. The zero-order valence-electron chi connectivity index (χ0n) is 10.6. The van der Waals surface area contributed by atoms with Crippen molar-refractivity contribution in [3.8, 4) is 0 Å². The van der Waals surface area contributed by atoms with E-state index in [4.69, 9.17) is 9.84 Å². The average molecular weight is 296 g/mol. The monoisotopic (exact) mass is 296 g/mol. The highest BCUT2D eigenvalue weighted by Crippen LogP contribution is 2.26. The lowest BCUT2D eigenvalue weighted by atomic mass is 10.1. The van der Waals surface area contributed by atoms with Crippen LogP contribution in [-0.2, 0) is 17.1 Å². The second-order valence-corrected chi connectivity index (χ2v) is 5.69. The number of aliphatic hydroxyl groups is 1. The summed E-state index contributed by atoms with van der Waals surface area (Å²) in [6, 6.07) is 2.68. The lowest BCUT2D eigenvalue weighted by molar-refractivity contribution is 0.00973. The van der Waals surface area contributed by atoms with Gasteiger partial charge in [0.05, 0.1) is 24.5 Å². The molecule has 1 aromatic heterocycles. The maximum Gasteiger partial charge on any atom is 0.261 e. The Labute approximate surface area is 118 Å². The van der Waals surface area contributed by atoms with Crippen molar-refractivity contribution in [2.75, 3.05) is 6.61 Å². The molecule has 0 spiro atoms. The van der Waals surface area contributed by atoms with Gasteiger partial charge < -0.3 is 14.8 Å². The fourth-order valence-corrected chi connectivity index (χ4v) is 2.94. The van der Waals surface area contributed by atoms with Gasteiger partial charge in [-0.3, -0.25) is 4.79 Å². The summed E-state index contributed by atoms with van der Waals surface area (Å²) in [5, 5.41) is 9.00. The number of H-pyrrole nitrogens is 1. The molecule has 1 aliphatic heterocycles. The summed E-state index contributed by atoms with van der Waals surface area (Å²) >= 11 is 1.55. The molecule has 1 fully saturated rings. The lowest BCUT2D eigenvalue weighted by Crippen LogP contribution is -2.23. The molecule has 0 radical (unpaired) electrons. The average Bonchev–Trinajstić information content (AvgIpc) is 2.35. The van der Waals surface area contributed by atoms with E-state index in [-0.39, 0.29) is 22.9 Å². The normalized spacial score (nSPS) is 18.2. The fraction of sp³-hybridized carbons (Fsp3) is 0.385. The van der Waals surface area contributed by atoms with E-state index in [0.29, 0.717) is 17.1 Å². The molecule has 1 aliphatic rings. The van der Waals surface area contributed by atoms with Crippen LogP contribution in [-0.4, -0.2) is 27.1 Å². The number of benzene rings is 1. The number of aromatic nitrogens is 2. The molecule has 2 N–H and O–H groups in total. The molecular formula is C13H13FN2O3S. The maximum atomic E-state index is 13.8. The minimum atomic E-state index is -0.665. The molecule has 0 aliphatic carbocycles. The van der Waals surface area contributed by atoms with Crippen LogP contribution >= 0.6 is 11.8 Å². The molecule has 2 aromatic rings. The van der Waals surface area contributed by atoms with Gasteiger partial charge in [-0.25, -0.2) is 9.37 Å². The Morgan fingerprint density at radius 3 is 3.00 bits per heavy atom. The summed E-state index contributed by atoms with van der Waals surface area (Å²) in [5.74, 6) is 0.320. The molecule has 1 aromatic carbocycles. The minimum Gasteiger partial charge on any atom is -0.392 e. The Morgan fingerprint density at radius 2 is 2.35 bits per heavy atom. The molecule has 20 heavy (non-hydrogen) atoms. The first-order chi connectivity index (χ1) is 9.67. The summed E-state index contributed by atoms with van der Waals surface area (Å²) in [6.45, 7) is 0.478. The van der Waals surface area contributed by atoms with Gasteiger partial charge in [-0.05, 0) is 17.7 Å². The standard InChI is InChI=1S/C13H13FN2O3S/c14-8-3-7(5-17)4-9-12(8)13(18)16-10(15-9)6-20-11-1-2-19-11/h3-4,11,17H,1-2,5-6H2,(H,15,16,18). The molecule has 0 saturated carbocycles. The summed E-state index contributed by atoms with van der Waals surface area (Å²) in [4.78, 5) is 18.7. The van der Waals surface area contributed by atoms with Gasteiger partial charge in [-0.1, -0.05) is 0 Å². The Bertz CT molecular complexity index is 700. The highest BCUT2D eigenvalue weighted by atomic mass is 32.2. The zero-order chi connectivity index (χ0) is 14.1. The zero-order valence-corrected chi connectivity index (χ0v) is 11.4. The fourth-order valence-electron chi connectivity index (χ4n) is 2.00. The molecule has 1 saturated heterocycles. The van der Waals surface area contributed by atoms with Crippen molar-refractivity contribution >= 4 is 22.7 Å². The predicted octanol–water partition coefficient (Wildman–Crippen LogP) is 1.53. The van der Waals surface area contributed by atoms with Crippen molar-refractivity contribution in [1.82, 2.24) is 9.97 Å². The van der Waals surface area contributed by atoms with E-state index < -0.39 is 11.4 Å². The number of ether oxygens (including phenoxy) is 1. The third kappa shape index (κ3) is 2.56. The number of fused-ring (bicyclic) bond motifs is 1. The number of aromatic amines is 1. The highest BCUT2D eigenvalue weighted by Gasteiger charge is 2.19. The molecule has 0 bridgehead atoms. The van der Waals surface area contributed by atoms with Crippen LogP contribution in [0.4, 0.5) is 4.39 Å². The van der Waals surface area contributed by atoms with Crippen LogP contribution in [0.1, 0.15) is 17.8 Å². The van der Waals surface area contributed by atoms with Crippen molar-refractivity contribution in [2.45, 2.75) is 24.2 Å². The molecular weight excluding hydrogens is 283 g/mol. The van der Waals surface area contributed by atoms with Crippen molar-refractivity contribution < 1.29 is 14.2 Å². The molecule has 1 unspecified atom stereocenters. The van der Waals surface area contributed by atoms with E-state index in [0.717, 1.165) is 19.1 Å². The van der Waals surface area contributed by atoms with E-state index in [9.17, 15) is 9.18 Å². The SMILES string of the molecule is O=c1[nH]c(CSC2CCO2)nc2cc(CO)cc(F)c12. The summed E-state index contributed by atoms with van der Waals surface area (Å²) in [5.41, 5.74) is 0.315. The number of rotatable bonds is 4. The summed E-state index contributed by atoms with van der Waals surface area (Å²) in [7, 11) is 0. The van der Waals surface area contributed by atoms with E-state index >= 15 is 0 Å². The van der Waals surface area contributed by atoms with Crippen LogP contribution in [0.3, 0.4) is 0 Å². The molecule has 1 atom stereocenters. The van der Waals surface area contributed by atoms with Crippen LogP contribution in [0.5, 0.6) is 0 Å². The molecule has 2 heterocycles. The van der Waals surface area contributed by atoms with Crippen LogP contribution in [0.15, 0.2) is 16.9 Å². The smallest absolute Gasteiger partial charge is 0.261 e. The first-order valence-corrected chi connectivity index (χ1v) is 7.27. The van der Waals surface area contributed by atoms with Gasteiger partial charge in [0, 0.05) is 6.42 Å².